The zero-order valence-electron chi connectivity index (χ0n) is 12.7. The molecule has 0 spiro atoms. The SMILES string of the molecule is CCOC(=O)C(N)COc1cc(OC)c(OC)c(OC)c1. The Balaban J connectivity index is 2.82. The van der Waals surface area contributed by atoms with Crippen LogP contribution in [0.4, 0.5) is 0 Å². The highest BCUT2D eigenvalue weighted by Gasteiger charge is 2.18. The number of hydrogen-bond acceptors (Lipinski definition) is 7. The van der Waals surface area contributed by atoms with Crippen molar-refractivity contribution in [2.45, 2.75) is 13.0 Å². The summed E-state index contributed by atoms with van der Waals surface area (Å²) in [5.41, 5.74) is 5.66. The van der Waals surface area contributed by atoms with Gasteiger partial charge in [-0.15, -0.1) is 0 Å². The molecule has 118 valence electrons. The van der Waals surface area contributed by atoms with Crippen LogP contribution in [0.25, 0.3) is 0 Å². The standard InChI is InChI=1S/C14H21NO6/c1-5-20-14(16)10(15)8-21-9-6-11(17-2)13(19-4)12(7-9)18-3/h6-7,10H,5,8,15H2,1-4H3. The summed E-state index contributed by atoms with van der Waals surface area (Å²) in [6.07, 6.45) is 0. The number of methoxy groups -OCH3 is 3. The summed E-state index contributed by atoms with van der Waals surface area (Å²) in [6.45, 7) is 1.97. The van der Waals surface area contributed by atoms with Crippen LogP contribution in [0.15, 0.2) is 12.1 Å². The molecule has 0 amide bonds. The summed E-state index contributed by atoms with van der Waals surface area (Å²) in [7, 11) is 4.52. The third-order valence-corrected chi connectivity index (χ3v) is 2.66. The lowest BCUT2D eigenvalue weighted by Crippen LogP contribution is -2.37. The molecule has 2 N–H and O–H groups in total. The highest BCUT2D eigenvalue weighted by Crippen LogP contribution is 2.40. The number of hydrogen-bond donors (Lipinski definition) is 1. The van der Waals surface area contributed by atoms with Gasteiger partial charge in [-0.05, 0) is 6.92 Å². The maximum Gasteiger partial charge on any atom is 0.326 e. The van der Waals surface area contributed by atoms with Crippen LogP contribution >= 0.6 is 0 Å². The van der Waals surface area contributed by atoms with E-state index in [0.29, 0.717) is 23.0 Å². The van der Waals surface area contributed by atoms with E-state index in [0.717, 1.165) is 0 Å². The Morgan fingerprint density at radius 2 is 1.71 bits per heavy atom. The zero-order chi connectivity index (χ0) is 15.8. The average molecular weight is 299 g/mol. The third kappa shape index (κ3) is 4.42. The summed E-state index contributed by atoms with van der Waals surface area (Å²) in [4.78, 5) is 11.4. The molecule has 1 unspecified atom stereocenters. The van der Waals surface area contributed by atoms with Gasteiger partial charge in [0.25, 0.3) is 0 Å². The molecule has 0 aliphatic carbocycles. The van der Waals surface area contributed by atoms with Crippen LogP contribution in [0.3, 0.4) is 0 Å². The summed E-state index contributed by atoms with van der Waals surface area (Å²) < 4.78 is 25.9. The van der Waals surface area contributed by atoms with Crippen LogP contribution < -0.4 is 24.7 Å². The molecule has 1 aromatic carbocycles. The van der Waals surface area contributed by atoms with Gasteiger partial charge in [-0.1, -0.05) is 0 Å². The van der Waals surface area contributed by atoms with Gasteiger partial charge in [-0.25, -0.2) is 0 Å². The number of nitrogens with two attached hydrogens (primary N) is 1. The van der Waals surface area contributed by atoms with Gasteiger partial charge in [0.15, 0.2) is 11.5 Å². The molecule has 0 fully saturated rings. The van der Waals surface area contributed by atoms with E-state index in [-0.39, 0.29) is 13.2 Å². The molecule has 0 aliphatic heterocycles. The van der Waals surface area contributed by atoms with Gasteiger partial charge in [-0.2, -0.15) is 0 Å². The number of esters is 1. The molecule has 1 aromatic rings. The van der Waals surface area contributed by atoms with Gasteiger partial charge in [0.1, 0.15) is 18.4 Å². The molecule has 1 rings (SSSR count). The second kappa shape index (κ2) is 8.21. The fraction of sp³-hybridized carbons (Fsp3) is 0.500. The van der Waals surface area contributed by atoms with E-state index in [1.165, 1.54) is 21.3 Å². The molecular weight excluding hydrogens is 278 g/mol. The first-order valence-electron chi connectivity index (χ1n) is 6.42. The molecule has 7 heteroatoms. The molecule has 1 atom stereocenters. The topological polar surface area (TPSA) is 89.2 Å². The molecule has 21 heavy (non-hydrogen) atoms. The molecule has 0 saturated carbocycles. The molecular formula is C14H21NO6. The highest BCUT2D eigenvalue weighted by molar-refractivity contribution is 5.75. The Labute approximate surface area is 123 Å². The third-order valence-electron chi connectivity index (χ3n) is 2.66. The molecule has 0 aromatic heterocycles. The van der Waals surface area contributed by atoms with Crippen molar-refractivity contribution in [3.8, 4) is 23.0 Å². The van der Waals surface area contributed by atoms with Crippen molar-refractivity contribution in [1.29, 1.82) is 0 Å². The number of benzene rings is 1. The van der Waals surface area contributed by atoms with E-state index in [4.69, 9.17) is 29.4 Å². The molecule has 0 radical (unpaired) electrons. The summed E-state index contributed by atoms with van der Waals surface area (Å²) in [5, 5.41) is 0. The Bertz CT molecular complexity index is 452. The Kier molecular flexibility index (Phi) is 6.61. The first kappa shape index (κ1) is 16.9. The average Bonchev–Trinajstić information content (AvgIpc) is 2.51. The monoisotopic (exact) mass is 299 g/mol. The van der Waals surface area contributed by atoms with Gasteiger partial charge in [-0.3, -0.25) is 4.79 Å². The van der Waals surface area contributed by atoms with Gasteiger partial charge in [0.2, 0.25) is 5.75 Å². The van der Waals surface area contributed by atoms with Crippen molar-refractivity contribution in [3.63, 3.8) is 0 Å². The number of ether oxygens (including phenoxy) is 5. The highest BCUT2D eigenvalue weighted by atomic mass is 16.5. The quantitative estimate of drug-likeness (QED) is 0.716. The van der Waals surface area contributed by atoms with Gasteiger partial charge in [0, 0.05) is 12.1 Å². The predicted molar refractivity (Wildman–Crippen MR) is 76.2 cm³/mol. The molecule has 0 heterocycles. The first-order chi connectivity index (χ1) is 10.1. The lowest BCUT2D eigenvalue weighted by Gasteiger charge is -2.16. The van der Waals surface area contributed by atoms with Crippen molar-refractivity contribution in [1.82, 2.24) is 0 Å². The van der Waals surface area contributed by atoms with Crippen molar-refractivity contribution >= 4 is 5.97 Å². The van der Waals surface area contributed by atoms with Crippen molar-refractivity contribution < 1.29 is 28.5 Å². The minimum Gasteiger partial charge on any atom is -0.493 e. The van der Waals surface area contributed by atoms with Crippen molar-refractivity contribution in [2.24, 2.45) is 5.73 Å². The molecule has 0 saturated heterocycles. The van der Waals surface area contributed by atoms with Crippen LogP contribution in [0.2, 0.25) is 0 Å². The van der Waals surface area contributed by atoms with Crippen LogP contribution in [-0.4, -0.2) is 46.6 Å². The van der Waals surface area contributed by atoms with E-state index in [9.17, 15) is 4.79 Å². The maximum atomic E-state index is 11.4. The molecule has 7 nitrogen and oxygen atoms in total. The van der Waals surface area contributed by atoms with Crippen LogP contribution in [0.1, 0.15) is 6.92 Å². The normalized spacial score (nSPS) is 11.5. The van der Waals surface area contributed by atoms with Crippen LogP contribution in [0, 0.1) is 0 Å². The second-order valence-corrected chi connectivity index (χ2v) is 4.03. The van der Waals surface area contributed by atoms with E-state index < -0.39 is 12.0 Å². The number of carbonyl (C=O) groups excluding carboxylic acids is 1. The predicted octanol–water partition coefficient (Wildman–Crippen LogP) is 0.982. The van der Waals surface area contributed by atoms with Gasteiger partial charge in [0.05, 0.1) is 27.9 Å². The van der Waals surface area contributed by atoms with E-state index in [2.05, 4.69) is 0 Å². The molecule has 0 bridgehead atoms. The smallest absolute Gasteiger partial charge is 0.326 e. The Hall–Kier alpha value is -2.15. The largest absolute Gasteiger partial charge is 0.493 e. The Morgan fingerprint density at radius 3 is 2.14 bits per heavy atom. The first-order valence-corrected chi connectivity index (χ1v) is 6.42. The summed E-state index contributed by atoms with van der Waals surface area (Å²) in [5.74, 6) is 1.31. The fourth-order valence-electron chi connectivity index (χ4n) is 1.64. The lowest BCUT2D eigenvalue weighted by molar-refractivity contribution is -0.145. The van der Waals surface area contributed by atoms with Crippen molar-refractivity contribution in [2.75, 3.05) is 34.5 Å². The second-order valence-electron chi connectivity index (χ2n) is 4.03. The summed E-state index contributed by atoms with van der Waals surface area (Å²) in [6, 6.07) is 2.39. The Morgan fingerprint density at radius 1 is 1.14 bits per heavy atom. The summed E-state index contributed by atoms with van der Waals surface area (Å²) >= 11 is 0. The lowest BCUT2D eigenvalue weighted by atomic mass is 10.2. The van der Waals surface area contributed by atoms with Gasteiger partial charge >= 0.3 is 5.97 Å². The van der Waals surface area contributed by atoms with E-state index in [1.54, 1.807) is 19.1 Å². The van der Waals surface area contributed by atoms with E-state index >= 15 is 0 Å². The maximum absolute atomic E-state index is 11.4. The fourth-order valence-corrected chi connectivity index (χ4v) is 1.64. The number of carbonyl (C=O) groups is 1. The minimum atomic E-state index is -0.857. The van der Waals surface area contributed by atoms with E-state index in [1.807, 2.05) is 0 Å². The van der Waals surface area contributed by atoms with Crippen LogP contribution in [0.5, 0.6) is 23.0 Å². The van der Waals surface area contributed by atoms with Crippen molar-refractivity contribution in [3.05, 3.63) is 12.1 Å². The minimum absolute atomic E-state index is 0.0164. The van der Waals surface area contributed by atoms with Gasteiger partial charge < -0.3 is 29.4 Å². The zero-order valence-corrected chi connectivity index (χ0v) is 12.7. The molecule has 0 aliphatic rings. The van der Waals surface area contributed by atoms with Crippen LogP contribution in [-0.2, 0) is 9.53 Å². The number of rotatable bonds is 8.